The molecular formula is C12H11ClFN. The van der Waals surface area contributed by atoms with Crippen molar-refractivity contribution in [2.24, 2.45) is 0 Å². The lowest BCUT2D eigenvalue weighted by atomic mass is 9.80. The molecule has 0 heterocycles. The summed E-state index contributed by atoms with van der Waals surface area (Å²) in [5.41, 5.74) is 0.422. The van der Waals surface area contributed by atoms with Gasteiger partial charge in [0.05, 0.1) is 16.5 Å². The number of benzene rings is 1. The number of rotatable bonds is 1. The van der Waals surface area contributed by atoms with E-state index in [4.69, 9.17) is 11.6 Å². The van der Waals surface area contributed by atoms with Crippen molar-refractivity contribution >= 4 is 11.6 Å². The van der Waals surface area contributed by atoms with Crippen LogP contribution >= 0.6 is 11.6 Å². The summed E-state index contributed by atoms with van der Waals surface area (Å²) in [5.74, 6) is -0.425. The van der Waals surface area contributed by atoms with E-state index in [0.717, 1.165) is 31.2 Å². The molecule has 0 saturated heterocycles. The van der Waals surface area contributed by atoms with Crippen LogP contribution in [0, 0.1) is 17.1 Å². The van der Waals surface area contributed by atoms with Crippen molar-refractivity contribution in [3.8, 4) is 6.07 Å². The lowest BCUT2D eigenvalue weighted by Gasteiger charge is -2.20. The van der Waals surface area contributed by atoms with Gasteiger partial charge in [0.1, 0.15) is 5.82 Å². The maximum atomic E-state index is 13.0. The Balaban J connectivity index is 2.44. The number of hydrogen-bond acceptors (Lipinski definition) is 1. The Hall–Kier alpha value is -1.07. The molecule has 78 valence electrons. The van der Waals surface area contributed by atoms with Crippen molar-refractivity contribution in [3.05, 3.63) is 34.6 Å². The quantitative estimate of drug-likeness (QED) is 0.710. The molecule has 0 amide bonds. The highest BCUT2D eigenvalue weighted by atomic mass is 35.5. The zero-order chi connectivity index (χ0) is 10.9. The van der Waals surface area contributed by atoms with E-state index in [1.165, 1.54) is 6.07 Å². The summed E-state index contributed by atoms with van der Waals surface area (Å²) in [7, 11) is 0. The van der Waals surface area contributed by atoms with Crippen LogP contribution in [0.1, 0.15) is 31.2 Å². The van der Waals surface area contributed by atoms with Crippen LogP contribution in [0.2, 0.25) is 5.02 Å². The molecular weight excluding hydrogens is 213 g/mol. The predicted molar refractivity (Wildman–Crippen MR) is 57.2 cm³/mol. The molecule has 0 aliphatic heterocycles. The van der Waals surface area contributed by atoms with Crippen molar-refractivity contribution in [2.45, 2.75) is 31.1 Å². The van der Waals surface area contributed by atoms with Crippen molar-refractivity contribution in [1.82, 2.24) is 0 Å². The molecule has 3 heteroatoms. The number of halogens is 2. The highest BCUT2D eigenvalue weighted by Crippen LogP contribution is 2.41. The van der Waals surface area contributed by atoms with Crippen molar-refractivity contribution < 1.29 is 4.39 Å². The van der Waals surface area contributed by atoms with Crippen molar-refractivity contribution in [1.29, 1.82) is 5.26 Å². The van der Waals surface area contributed by atoms with Crippen LogP contribution in [0.3, 0.4) is 0 Å². The molecule has 1 saturated carbocycles. The zero-order valence-corrected chi connectivity index (χ0v) is 9.02. The number of nitriles is 1. The van der Waals surface area contributed by atoms with Gasteiger partial charge in [-0.2, -0.15) is 5.26 Å². The van der Waals surface area contributed by atoms with Crippen LogP contribution in [-0.4, -0.2) is 0 Å². The third-order valence-electron chi connectivity index (χ3n) is 3.14. The van der Waals surface area contributed by atoms with Gasteiger partial charge in [0.15, 0.2) is 0 Å². The third kappa shape index (κ3) is 1.72. The van der Waals surface area contributed by atoms with Crippen LogP contribution in [0.4, 0.5) is 4.39 Å². The van der Waals surface area contributed by atoms with Gasteiger partial charge in [-0.3, -0.25) is 0 Å². The van der Waals surface area contributed by atoms with Crippen molar-refractivity contribution in [3.63, 3.8) is 0 Å². The lowest BCUT2D eigenvalue weighted by Crippen LogP contribution is -2.19. The van der Waals surface area contributed by atoms with Crippen LogP contribution in [-0.2, 0) is 5.41 Å². The van der Waals surface area contributed by atoms with Gasteiger partial charge in [0.25, 0.3) is 0 Å². The Morgan fingerprint density at radius 2 is 2.00 bits per heavy atom. The molecule has 2 rings (SSSR count). The molecule has 0 N–H and O–H groups in total. The minimum absolute atomic E-state index is 0.106. The largest absolute Gasteiger partial charge is 0.205 e. The molecule has 0 atom stereocenters. The van der Waals surface area contributed by atoms with E-state index in [0.29, 0.717) is 0 Å². The Morgan fingerprint density at radius 3 is 2.53 bits per heavy atom. The average Bonchev–Trinajstić information content (AvgIpc) is 2.72. The van der Waals surface area contributed by atoms with E-state index in [2.05, 4.69) is 6.07 Å². The fourth-order valence-corrected chi connectivity index (χ4v) is 2.42. The first kappa shape index (κ1) is 10.4. The van der Waals surface area contributed by atoms with E-state index >= 15 is 0 Å². The third-order valence-corrected chi connectivity index (χ3v) is 3.43. The smallest absolute Gasteiger partial charge is 0.141 e. The Labute approximate surface area is 93.5 Å². The highest BCUT2D eigenvalue weighted by molar-refractivity contribution is 6.30. The van der Waals surface area contributed by atoms with Gasteiger partial charge in [-0.15, -0.1) is 0 Å². The Bertz CT molecular complexity index is 416. The molecule has 15 heavy (non-hydrogen) atoms. The van der Waals surface area contributed by atoms with Gasteiger partial charge in [0, 0.05) is 0 Å². The minimum Gasteiger partial charge on any atom is -0.205 e. The van der Waals surface area contributed by atoms with E-state index < -0.39 is 11.2 Å². The van der Waals surface area contributed by atoms with Gasteiger partial charge < -0.3 is 0 Å². The minimum atomic E-state index is -0.433. The molecule has 0 bridgehead atoms. The standard InChI is InChI=1S/C12H11ClFN/c13-10-7-9(3-4-11(10)14)12(8-15)5-1-2-6-12/h3-4,7H,1-2,5-6H2. The second-order valence-electron chi connectivity index (χ2n) is 4.03. The second kappa shape index (κ2) is 3.83. The number of nitrogens with zero attached hydrogens (tertiary/aromatic N) is 1. The lowest BCUT2D eigenvalue weighted by molar-refractivity contribution is 0.568. The molecule has 1 aromatic carbocycles. The summed E-state index contributed by atoms with van der Waals surface area (Å²) >= 11 is 5.73. The monoisotopic (exact) mass is 223 g/mol. The van der Waals surface area contributed by atoms with Crippen LogP contribution < -0.4 is 0 Å². The zero-order valence-electron chi connectivity index (χ0n) is 8.26. The highest BCUT2D eigenvalue weighted by Gasteiger charge is 2.35. The van der Waals surface area contributed by atoms with Gasteiger partial charge in [0.2, 0.25) is 0 Å². The summed E-state index contributed by atoms with van der Waals surface area (Å²) in [4.78, 5) is 0. The summed E-state index contributed by atoms with van der Waals surface area (Å²) in [5, 5.41) is 9.35. The molecule has 0 unspecified atom stereocenters. The van der Waals surface area contributed by atoms with Gasteiger partial charge in [-0.05, 0) is 30.5 Å². The summed E-state index contributed by atoms with van der Waals surface area (Å²) in [6.07, 6.45) is 3.82. The maximum Gasteiger partial charge on any atom is 0.141 e. The SMILES string of the molecule is N#CC1(c2ccc(F)c(Cl)c2)CCCC1. The molecule has 0 aromatic heterocycles. The first-order valence-electron chi connectivity index (χ1n) is 5.05. The number of hydrogen-bond donors (Lipinski definition) is 0. The first-order chi connectivity index (χ1) is 7.18. The fraction of sp³-hybridized carbons (Fsp3) is 0.417. The first-order valence-corrected chi connectivity index (χ1v) is 5.42. The van der Waals surface area contributed by atoms with Crippen LogP contribution in [0.5, 0.6) is 0 Å². The molecule has 1 aliphatic rings. The summed E-state index contributed by atoms with van der Waals surface area (Å²) in [6.45, 7) is 0. The summed E-state index contributed by atoms with van der Waals surface area (Å²) < 4.78 is 13.0. The van der Waals surface area contributed by atoms with E-state index in [9.17, 15) is 9.65 Å². The second-order valence-corrected chi connectivity index (χ2v) is 4.44. The normalized spacial score (nSPS) is 18.7. The average molecular weight is 224 g/mol. The van der Waals surface area contributed by atoms with E-state index in [-0.39, 0.29) is 5.02 Å². The van der Waals surface area contributed by atoms with Gasteiger partial charge in [-0.1, -0.05) is 30.5 Å². The van der Waals surface area contributed by atoms with Crippen molar-refractivity contribution in [2.75, 3.05) is 0 Å². The predicted octanol–water partition coefficient (Wildman–Crippen LogP) is 3.81. The van der Waals surface area contributed by atoms with E-state index in [1.807, 2.05) is 0 Å². The van der Waals surface area contributed by atoms with Crippen LogP contribution in [0.25, 0.3) is 0 Å². The van der Waals surface area contributed by atoms with Gasteiger partial charge in [-0.25, -0.2) is 4.39 Å². The fourth-order valence-electron chi connectivity index (χ4n) is 2.24. The summed E-state index contributed by atoms with van der Waals surface area (Å²) in [6, 6.07) is 6.97. The molecule has 1 aromatic rings. The maximum absolute atomic E-state index is 13.0. The Morgan fingerprint density at radius 1 is 1.33 bits per heavy atom. The van der Waals surface area contributed by atoms with Crippen LogP contribution in [0.15, 0.2) is 18.2 Å². The molecule has 1 fully saturated rings. The topological polar surface area (TPSA) is 23.8 Å². The molecule has 0 radical (unpaired) electrons. The Kier molecular flexibility index (Phi) is 2.67. The molecule has 0 spiro atoms. The molecule has 1 aliphatic carbocycles. The molecule has 1 nitrogen and oxygen atoms in total. The van der Waals surface area contributed by atoms with E-state index in [1.54, 1.807) is 12.1 Å². The van der Waals surface area contributed by atoms with Gasteiger partial charge >= 0.3 is 0 Å².